The van der Waals surface area contributed by atoms with E-state index in [1.54, 1.807) is 12.2 Å². The van der Waals surface area contributed by atoms with E-state index < -0.39 is 24.1 Å². The first-order valence-electron chi connectivity index (χ1n) is 7.57. The maximum atomic E-state index is 11.2. The van der Waals surface area contributed by atoms with Crippen LogP contribution in [-0.2, 0) is 23.8 Å². The Labute approximate surface area is 139 Å². The summed E-state index contributed by atoms with van der Waals surface area (Å²) < 4.78 is 26.8. The van der Waals surface area contributed by atoms with E-state index in [1.165, 1.54) is 13.8 Å². The molecule has 0 unspecified atom stereocenters. The van der Waals surface area contributed by atoms with Gasteiger partial charge in [0.2, 0.25) is 6.79 Å². The predicted molar refractivity (Wildman–Crippen MR) is 81.5 cm³/mol. The van der Waals surface area contributed by atoms with Gasteiger partial charge in [-0.15, -0.1) is 0 Å². The van der Waals surface area contributed by atoms with Crippen molar-refractivity contribution < 1.29 is 33.3 Å². The van der Waals surface area contributed by atoms with Gasteiger partial charge in [0.25, 0.3) is 0 Å². The highest BCUT2D eigenvalue weighted by Crippen LogP contribution is 2.36. The number of fused-ring (bicyclic) bond motifs is 1. The maximum absolute atomic E-state index is 11.2. The zero-order valence-electron chi connectivity index (χ0n) is 13.4. The molecule has 7 heteroatoms. The summed E-state index contributed by atoms with van der Waals surface area (Å²) in [5.41, 5.74) is 0.865. The zero-order valence-corrected chi connectivity index (χ0v) is 13.4. The molecule has 3 atom stereocenters. The highest BCUT2D eigenvalue weighted by atomic mass is 16.7. The van der Waals surface area contributed by atoms with Crippen molar-refractivity contribution in [2.75, 3.05) is 13.4 Å². The molecule has 0 fully saturated rings. The molecule has 0 spiro atoms. The molecule has 0 radical (unpaired) electrons. The second-order valence-electron chi connectivity index (χ2n) is 5.47. The third kappa shape index (κ3) is 3.68. The van der Waals surface area contributed by atoms with Gasteiger partial charge in [-0.1, -0.05) is 12.1 Å². The molecule has 3 rings (SSSR count). The molecule has 2 heterocycles. The van der Waals surface area contributed by atoms with Crippen LogP contribution in [0.25, 0.3) is 0 Å². The van der Waals surface area contributed by atoms with E-state index in [2.05, 4.69) is 0 Å². The largest absolute Gasteiger partial charge is 0.463 e. The molecule has 1 aromatic rings. The first-order valence-corrected chi connectivity index (χ1v) is 7.57. The normalized spacial score (nSPS) is 24.5. The fourth-order valence-electron chi connectivity index (χ4n) is 2.57. The number of rotatable bonds is 4. The topological polar surface area (TPSA) is 80.3 Å². The molecule has 2 aliphatic heterocycles. The van der Waals surface area contributed by atoms with Crippen LogP contribution >= 0.6 is 0 Å². The Kier molecular flexibility index (Phi) is 4.71. The van der Waals surface area contributed by atoms with Gasteiger partial charge in [-0.05, 0) is 23.8 Å². The van der Waals surface area contributed by atoms with Crippen molar-refractivity contribution in [3.63, 3.8) is 0 Å². The van der Waals surface area contributed by atoms with Crippen molar-refractivity contribution in [3.05, 3.63) is 35.9 Å². The fraction of sp³-hybridized carbons (Fsp3) is 0.412. The highest BCUT2D eigenvalue weighted by molar-refractivity contribution is 5.67. The van der Waals surface area contributed by atoms with E-state index in [-0.39, 0.29) is 19.5 Å². The Balaban J connectivity index is 1.77. The Bertz CT molecular complexity index is 667. The number of esters is 2. The lowest BCUT2D eigenvalue weighted by molar-refractivity contribution is -0.163. The molecule has 0 N–H and O–H groups in total. The molecule has 0 saturated carbocycles. The van der Waals surface area contributed by atoms with E-state index in [0.29, 0.717) is 11.5 Å². The molecule has 7 nitrogen and oxygen atoms in total. The second-order valence-corrected chi connectivity index (χ2v) is 5.47. The first-order chi connectivity index (χ1) is 11.5. The highest BCUT2D eigenvalue weighted by Gasteiger charge is 2.31. The molecule has 0 bridgehead atoms. The third-order valence-corrected chi connectivity index (χ3v) is 3.64. The standard InChI is InChI=1S/C17H18O7/c1-10(18)20-8-17-15(23-11(2)19)6-5-13(24-17)12-3-4-14-16(7-12)22-9-21-14/h3-7,13,15,17H,8-9H2,1-2H3/t13-,15+,17+/m0/s1. The average molecular weight is 334 g/mol. The lowest BCUT2D eigenvalue weighted by Gasteiger charge is -2.31. The Morgan fingerprint density at radius 3 is 2.67 bits per heavy atom. The van der Waals surface area contributed by atoms with Crippen LogP contribution in [0.3, 0.4) is 0 Å². The van der Waals surface area contributed by atoms with Gasteiger partial charge < -0.3 is 23.7 Å². The zero-order chi connectivity index (χ0) is 17.1. The van der Waals surface area contributed by atoms with Crippen LogP contribution in [0.4, 0.5) is 0 Å². The van der Waals surface area contributed by atoms with Crippen LogP contribution in [0.2, 0.25) is 0 Å². The average Bonchev–Trinajstić information content (AvgIpc) is 3.00. The van der Waals surface area contributed by atoms with Crippen molar-refractivity contribution in [2.24, 2.45) is 0 Å². The Morgan fingerprint density at radius 2 is 1.92 bits per heavy atom. The Morgan fingerprint density at radius 1 is 1.12 bits per heavy atom. The molecule has 24 heavy (non-hydrogen) atoms. The predicted octanol–water partition coefficient (Wildman–Crippen LogP) is 1.91. The molecular formula is C17H18O7. The summed E-state index contributed by atoms with van der Waals surface area (Å²) in [5, 5.41) is 0. The van der Waals surface area contributed by atoms with Gasteiger partial charge in [-0.25, -0.2) is 0 Å². The van der Waals surface area contributed by atoms with Crippen LogP contribution in [-0.4, -0.2) is 37.5 Å². The minimum Gasteiger partial charge on any atom is -0.463 e. The summed E-state index contributed by atoms with van der Waals surface area (Å²) in [6.45, 7) is 2.83. The number of carbonyl (C=O) groups is 2. The Hall–Kier alpha value is -2.54. The van der Waals surface area contributed by atoms with Crippen molar-refractivity contribution in [1.29, 1.82) is 0 Å². The molecule has 0 amide bonds. The van der Waals surface area contributed by atoms with Crippen LogP contribution in [0.1, 0.15) is 25.5 Å². The smallest absolute Gasteiger partial charge is 0.303 e. The van der Waals surface area contributed by atoms with Gasteiger partial charge in [0.05, 0.1) is 0 Å². The summed E-state index contributed by atoms with van der Waals surface area (Å²) in [4.78, 5) is 22.3. The molecule has 2 aliphatic rings. The van der Waals surface area contributed by atoms with Crippen molar-refractivity contribution in [1.82, 2.24) is 0 Å². The number of hydrogen-bond donors (Lipinski definition) is 0. The van der Waals surface area contributed by atoms with Gasteiger partial charge in [-0.2, -0.15) is 0 Å². The molecule has 0 aromatic heterocycles. The third-order valence-electron chi connectivity index (χ3n) is 3.64. The minimum atomic E-state index is -0.605. The first kappa shape index (κ1) is 16.3. The lowest BCUT2D eigenvalue weighted by Crippen LogP contribution is -2.39. The van der Waals surface area contributed by atoms with Crippen LogP contribution in [0.15, 0.2) is 30.4 Å². The summed E-state index contributed by atoms with van der Waals surface area (Å²) in [6, 6.07) is 5.53. The number of ether oxygens (including phenoxy) is 5. The molecule has 0 aliphatic carbocycles. The molecule has 128 valence electrons. The minimum absolute atomic E-state index is 0.00132. The summed E-state index contributed by atoms with van der Waals surface area (Å²) in [6.07, 6.45) is 1.99. The van der Waals surface area contributed by atoms with E-state index in [4.69, 9.17) is 23.7 Å². The van der Waals surface area contributed by atoms with Crippen molar-refractivity contribution >= 4 is 11.9 Å². The quantitative estimate of drug-likeness (QED) is 0.614. The fourth-order valence-corrected chi connectivity index (χ4v) is 2.57. The van der Waals surface area contributed by atoms with Gasteiger partial charge in [-0.3, -0.25) is 9.59 Å². The second kappa shape index (κ2) is 6.92. The number of benzene rings is 1. The number of carbonyl (C=O) groups excluding carboxylic acids is 2. The van der Waals surface area contributed by atoms with Crippen LogP contribution in [0, 0.1) is 0 Å². The SMILES string of the molecule is CC(=O)OC[C@H]1O[C@H](c2ccc3c(c2)OCO3)C=C[C@H]1OC(C)=O. The number of hydrogen-bond acceptors (Lipinski definition) is 7. The van der Waals surface area contributed by atoms with E-state index in [0.717, 1.165) is 5.56 Å². The summed E-state index contributed by atoms with van der Waals surface area (Å²) in [7, 11) is 0. The molecule has 0 saturated heterocycles. The van der Waals surface area contributed by atoms with Gasteiger partial charge in [0.15, 0.2) is 11.5 Å². The molecule has 1 aromatic carbocycles. The van der Waals surface area contributed by atoms with Gasteiger partial charge in [0, 0.05) is 13.8 Å². The summed E-state index contributed by atoms with van der Waals surface area (Å²) in [5.74, 6) is 0.493. The van der Waals surface area contributed by atoms with Gasteiger partial charge in [0.1, 0.15) is 24.9 Å². The monoisotopic (exact) mass is 334 g/mol. The van der Waals surface area contributed by atoms with Crippen molar-refractivity contribution in [2.45, 2.75) is 32.2 Å². The van der Waals surface area contributed by atoms with E-state index in [9.17, 15) is 9.59 Å². The van der Waals surface area contributed by atoms with Crippen LogP contribution < -0.4 is 9.47 Å². The van der Waals surface area contributed by atoms with Gasteiger partial charge >= 0.3 is 11.9 Å². The van der Waals surface area contributed by atoms with Crippen LogP contribution in [0.5, 0.6) is 11.5 Å². The molecular weight excluding hydrogens is 316 g/mol. The maximum Gasteiger partial charge on any atom is 0.303 e. The lowest BCUT2D eigenvalue weighted by atomic mass is 10.0. The van der Waals surface area contributed by atoms with Crippen molar-refractivity contribution in [3.8, 4) is 11.5 Å². The van der Waals surface area contributed by atoms with E-state index >= 15 is 0 Å². The van der Waals surface area contributed by atoms with E-state index in [1.807, 2.05) is 18.2 Å². The summed E-state index contributed by atoms with van der Waals surface area (Å²) >= 11 is 0.